The molecule has 4 saturated carbocycles. The van der Waals surface area contributed by atoms with Crippen molar-refractivity contribution in [2.75, 3.05) is 0 Å². The average molecular weight is 402 g/mol. The fraction of sp³-hybridized carbons (Fsp3) is 0.875. The zero-order valence-corrected chi connectivity index (χ0v) is 18.2. The molecule has 0 heterocycles. The number of Topliss-reactive ketones (excluding diaryl/α,β-unsaturated/α-hetero) is 1. The van der Waals surface area contributed by atoms with Crippen LogP contribution in [0.4, 0.5) is 0 Å². The topological polar surface area (TPSA) is 68.0 Å². The lowest BCUT2D eigenvalue weighted by Gasteiger charge is -2.64. The second kappa shape index (κ2) is 6.80. The van der Waals surface area contributed by atoms with Crippen molar-refractivity contribution in [1.29, 1.82) is 0 Å². The molecule has 0 radical (unpaired) electrons. The van der Waals surface area contributed by atoms with Crippen LogP contribution in [-0.2, 0) is 14.3 Å². The van der Waals surface area contributed by atoms with Gasteiger partial charge in [0.1, 0.15) is 17.5 Å². The summed E-state index contributed by atoms with van der Waals surface area (Å²) in [7, 11) is 0. The molecule has 4 rings (SSSR count). The van der Waals surface area contributed by atoms with Crippen molar-refractivity contribution in [3.63, 3.8) is 0 Å². The molecule has 0 aromatic heterocycles. The summed E-state index contributed by atoms with van der Waals surface area (Å²) in [4.78, 5) is 27.8. The first kappa shape index (κ1) is 20.8. The highest BCUT2D eigenvalue weighted by molar-refractivity contribution is 5.79. The van der Waals surface area contributed by atoms with Gasteiger partial charge < -0.3 is 14.7 Å². The summed E-state index contributed by atoms with van der Waals surface area (Å²) in [5.74, 6) is 0.678. The SMILES string of the molecule is [C-]#[N+][C@H]1C[C@@]2(C)C(CC[C@@H]2C(C)=O)C2CC[C@H]3C[C@@H](OC(C)=O)CC[C@]3(C)[C@]21O. The minimum Gasteiger partial charge on any atom is -0.463 e. The molecule has 0 bridgehead atoms. The number of nitrogens with zero attached hydrogens (tertiary/aromatic N) is 1. The third-order valence-corrected chi connectivity index (χ3v) is 9.76. The van der Waals surface area contributed by atoms with Gasteiger partial charge in [-0.3, -0.25) is 9.59 Å². The number of fused-ring (bicyclic) bond motifs is 5. The Morgan fingerprint density at radius 3 is 2.38 bits per heavy atom. The molecule has 1 N–H and O–H groups in total. The third kappa shape index (κ3) is 2.74. The van der Waals surface area contributed by atoms with E-state index in [1.165, 1.54) is 6.92 Å². The summed E-state index contributed by atoms with van der Waals surface area (Å²) < 4.78 is 5.51. The lowest BCUT2D eigenvalue weighted by atomic mass is 9.41. The molecule has 5 heteroatoms. The predicted molar refractivity (Wildman–Crippen MR) is 109 cm³/mol. The number of carbonyl (C=O) groups is 2. The first-order chi connectivity index (χ1) is 13.6. The van der Waals surface area contributed by atoms with E-state index in [2.05, 4.69) is 18.7 Å². The fourth-order valence-electron chi connectivity index (χ4n) is 8.43. The number of hydrogen-bond donors (Lipinski definition) is 1. The monoisotopic (exact) mass is 401 g/mol. The lowest BCUT2D eigenvalue weighted by molar-refractivity contribution is -0.244. The summed E-state index contributed by atoms with van der Waals surface area (Å²) in [6, 6.07) is -0.466. The van der Waals surface area contributed by atoms with Crippen molar-refractivity contribution in [3.8, 4) is 0 Å². The van der Waals surface area contributed by atoms with Gasteiger partial charge in [0.05, 0.1) is 0 Å². The molecule has 0 aliphatic heterocycles. The van der Waals surface area contributed by atoms with Crippen LogP contribution in [0.3, 0.4) is 0 Å². The minimum atomic E-state index is -1.02. The van der Waals surface area contributed by atoms with Crippen molar-refractivity contribution >= 4 is 11.8 Å². The first-order valence-corrected chi connectivity index (χ1v) is 11.3. The van der Waals surface area contributed by atoms with Crippen molar-refractivity contribution in [3.05, 3.63) is 11.4 Å². The number of ether oxygens (including phenoxy) is 1. The van der Waals surface area contributed by atoms with E-state index in [-0.39, 0.29) is 46.4 Å². The Morgan fingerprint density at radius 1 is 1.07 bits per heavy atom. The van der Waals surface area contributed by atoms with Gasteiger partial charge in [0, 0.05) is 24.7 Å². The molecular formula is C24H35NO4. The second-order valence-corrected chi connectivity index (χ2v) is 10.8. The van der Waals surface area contributed by atoms with Gasteiger partial charge in [0.2, 0.25) is 0 Å². The Bertz CT molecular complexity index is 758. The predicted octanol–water partition coefficient (Wildman–Crippen LogP) is 4.18. The molecule has 0 aromatic rings. The highest BCUT2D eigenvalue weighted by Gasteiger charge is 2.73. The van der Waals surface area contributed by atoms with E-state index in [9.17, 15) is 14.7 Å². The lowest BCUT2D eigenvalue weighted by Crippen LogP contribution is -2.70. The standard InChI is InChI=1S/C24H35NO4/c1-14(26)18-8-9-19-20-7-6-16-12-17(29-15(2)27)10-11-23(16,4)24(20,28)21(25-5)13-22(18,19)3/h16-21,28H,6-13H2,1-4H3/t16-,17-,18+,19?,20?,21-,22+,23-,24-/m0/s1. The zero-order valence-electron chi connectivity index (χ0n) is 18.2. The van der Waals surface area contributed by atoms with Crippen LogP contribution in [0, 0.1) is 41.1 Å². The van der Waals surface area contributed by atoms with E-state index in [1.54, 1.807) is 6.92 Å². The maximum atomic E-state index is 12.4. The van der Waals surface area contributed by atoms with Gasteiger partial charge in [0.15, 0.2) is 0 Å². The smallest absolute Gasteiger partial charge is 0.302 e. The molecule has 4 fully saturated rings. The van der Waals surface area contributed by atoms with Crippen LogP contribution >= 0.6 is 0 Å². The number of esters is 1. The van der Waals surface area contributed by atoms with Crippen LogP contribution in [0.15, 0.2) is 0 Å². The van der Waals surface area contributed by atoms with Gasteiger partial charge in [-0.1, -0.05) is 13.8 Å². The molecule has 5 nitrogen and oxygen atoms in total. The molecule has 160 valence electrons. The maximum absolute atomic E-state index is 12.4. The molecule has 9 atom stereocenters. The number of rotatable bonds is 2. The summed E-state index contributed by atoms with van der Waals surface area (Å²) in [5, 5.41) is 12.4. The minimum absolute atomic E-state index is 0.0199. The van der Waals surface area contributed by atoms with Crippen molar-refractivity contribution < 1.29 is 19.4 Å². The summed E-state index contributed by atoms with van der Waals surface area (Å²) in [6.07, 6.45) is 6.65. The van der Waals surface area contributed by atoms with E-state index in [1.807, 2.05) is 0 Å². The summed E-state index contributed by atoms with van der Waals surface area (Å²) in [6.45, 7) is 15.5. The highest BCUT2D eigenvalue weighted by Crippen LogP contribution is 2.69. The Hall–Kier alpha value is -1.41. The van der Waals surface area contributed by atoms with Crippen molar-refractivity contribution in [2.24, 2.45) is 34.5 Å². The average Bonchev–Trinajstić information content (AvgIpc) is 2.99. The normalized spacial score (nSPS) is 51.2. The van der Waals surface area contributed by atoms with Crippen LogP contribution in [0.1, 0.15) is 79.1 Å². The van der Waals surface area contributed by atoms with E-state index in [0.717, 1.165) is 44.9 Å². The van der Waals surface area contributed by atoms with E-state index in [4.69, 9.17) is 11.3 Å². The summed E-state index contributed by atoms with van der Waals surface area (Å²) >= 11 is 0. The van der Waals surface area contributed by atoms with Crippen LogP contribution in [0.5, 0.6) is 0 Å². The quantitative estimate of drug-likeness (QED) is 0.557. The van der Waals surface area contributed by atoms with Gasteiger partial charge >= 0.3 is 5.97 Å². The van der Waals surface area contributed by atoms with Crippen LogP contribution in [0.2, 0.25) is 0 Å². The second-order valence-electron chi connectivity index (χ2n) is 10.8. The maximum Gasteiger partial charge on any atom is 0.302 e. The highest BCUT2D eigenvalue weighted by atomic mass is 16.5. The molecule has 0 aromatic carbocycles. The van der Waals surface area contributed by atoms with Crippen molar-refractivity contribution in [1.82, 2.24) is 0 Å². The Labute approximate surface area is 174 Å². The van der Waals surface area contributed by atoms with E-state index < -0.39 is 11.6 Å². The van der Waals surface area contributed by atoms with Gasteiger partial charge in [-0.25, -0.2) is 6.57 Å². The molecule has 4 aliphatic rings. The largest absolute Gasteiger partial charge is 0.463 e. The molecule has 2 unspecified atom stereocenters. The van der Waals surface area contributed by atoms with Gasteiger partial charge in [0.25, 0.3) is 6.04 Å². The number of carbonyl (C=O) groups excluding carboxylic acids is 2. The first-order valence-electron chi connectivity index (χ1n) is 11.3. The number of ketones is 1. The van der Waals surface area contributed by atoms with Crippen LogP contribution in [0.25, 0.3) is 4.85 Å². The molecule has 0 saturated heterocycles. The summed E-state index contributed by atoms with van der Waals surface area (Å²) in [5.41, 5.74) is -1.53. The Balaban J connectivity index is 1.70. The van der Waals surface area contributed by atoms with Gasteiger partial charge in [-0.2, -0.15) is 0 Å². The van der Waals surface area contributed by atoms with E-state index in [0.29, 0.717) is 12.3 Å². The fourth-order valence-corrected chi connectivity index (χ4v) is 8.43. The number of aliphatic hydroxyl groups is 1. The van der Waals surface area contributed by atoms with Gasteiger partial charge in [-0.15, -0.1) is 0 Å². The molecule has 4 aliphatic carbocycles. The van der Waals surface area contributed by atoms with Gasteiger partial charge in [-0.05, 0) is 75.0 Å². The van der Waals surface area contributed by atoms with Crippen LogP contribution < -0.4 is 0 Å². The number of hydrogen-bond acceptors (Lipinski definition) is 4. The molecule has 0 spiro atoms. The van der Waals surface area contributed by atoms with Crippen LogP contribution in [-0.4, -0.2) is 34.6 Å². The molecule has 0 amide bonds. The third-order valence-electron chi connectivity index (χ3n) is 9.76. The molecular weight excluding hydrogens is 366 g/mol. The Kier molecular flexibility index (Phi) is 4.89. The molecule has 29 heavy (non-hydrogen) atoms. The zero-order chi connectivity index (χ0) is 21.2. The Morgan fingerprint density at radius 2 is 1.76 bits per heavy atom. The van der Waals surface area contributed by atoms with Crippen molar-refractivity contribution in [2.45, 2.75) is 96.8 Å². The van der Waals surface area contributed by atoms with E-state index >= 15 is 0 Å².